The molecule has 2 atom stereocenters. The van der Waals surface area contributed by atoms with Crippen molar-refractivity contribution in [3.05, 3.63) is 83.9 Å². The van der Waals surface area contributed by atoms with Crippen LogP contribution in [0.1, 0.15) is 30.1 Å². The van der Waals surface area contributed by atoms with Crippen molar-refractivity contribution < 1.29 is 0 Å². The molecule has 3 aromatic carbocycles. The quantitative estimate of drug-likeness (QED) is 0.751. The molecule has 0 aliphatic carbocycles. The average molecular weight is 286 g/mol. The molecular weight excluding hydrogens is 268 g/mol. The Labute approximate surface area is 131 Å². The highest BCUT2D eigenvalue weighted by molar-refractivity contribution is 5.86. The molecule has 1 N–H and O–H groups in total. The van der Waals surface area contributed by atoms with E-state index in [1.165, 1.54) is 5.56 Å². The highest BCUT2D eigenvalue weighted by atomic mass is 14.9. The third-order valence-corrected chi connectivity index (χ3v) is 3.98. The number of nitrogens with one attached hydrogen (secondary N) is 1. The summed E-state index contributed by atoms with van der Waals surface area (Å²) in [6.07, 6.45) is 0. The van der Waals surface area contributed by atoms with Crippen LogP contribution >= 0.6 is 0 Å². The van der Waals surface area contributed by atoms with Gasteiger partial charge in [0.1, 0.15) is 6.04 Å². The number of hydrogen-bond donors (Lipinski definition) is 1. The van der Waals surface area contributed by atoms with Crippen LogP contribution < -0.4 is 5.32 Å². The summed E-state index contributed by atoms with van der Waals surface area (Å²) < 4.78 is 0. The van der Waals surface area contributed by atoms with Gasteiger partial charge in [-0.3, -0.25) is 5.32 Å². The number of rotatable bonds is 4. The first-order valence-corrected chi connectivity index (χ1v) is 7.48. The number of hydrogen-bond acceptors (Lipinski definition) is 2. The summed E-state index contributed by atoms with van der Waals surface area (Å²) in [7, 11) is 0. The molecule has 2 nitrogen and oxygen atoms in total. The summed E-state index contributed by atoms with van der Waals surface area (Å²) in [5, 5.41) is 15.3. The van der Waals surface area contributed by atoms with Crippen molar-refractivity contribution in [3.8, 4) is 6.07 Å². The van der Waals surface area contributed by atoms with Crippen LogP contribution in [-0.2, 0) is 0 Å². The second kappa shape index (κ2) is 6.43. The fourth-order valence-corrected chi connectivity index (χ4v) is 2.79. The molecule has 0 unspecified atom stereocenters. The molecule has 0 aromatic heterocycles. The monoisotopic (exact) mass is 286 g/mol. The third-order valence-electron chi connectivity index (χ3n) is 3.98. The van der Waals surface area contributed by atoms with Crippen LogP contribution in [0.15, 0.2) is 72.8 Å². The first kappa shape index (κ1) is 14.3. The smallest absolute Gasteiger partial charge is 0.122 e. The van der Waals surface area contributed by atoms with Crippen molar-refractivity contribution in [1.82, 2.24) is 5.32 Å². The summed E-state index contributed by atoms with van der Waals surface area (Å²) in [6.45, 7) is 2.09. The van der Waals surface area contributed by atoms with Gasteiger partial charge in [0.25, 0.3) is 0 Å². The molecule has 108 valence electrons. The van der Waals surface area contributed by atoms with Crippen LogP contribution in [0.2, 0.25) is 0 Å². The molecule has 0 saturated carbocycles. The first-order chi connectivity index (χ1) is 10.8. The molecule has 22 heavy (non-hydrogen) atoms. The van der Waals surface area contributed by atoms with Crippen LogP contribution in [0, 0.1) is 11.3 Å². The van der Waals surface area contributed by atoms with Gasteiger partial charge in [0.2, 0.25) is 0 Å². The standard InChI is InChI=1S/C20H18N2/c1-15(16-8-3-2-4-9-16)22-20(14-21)19-13-7-11-17-10-5-6-12-18(17)19/h2-13,15,20,22H,1H3/t15-,20+/m1/s1. The largest absolute Gasteiger partial charge is 0.292 e. The molecule has 0 spiro atoms. The summed E-state index contributed by atoms with van der Waals surface area (Å²) >= 11 is 0. The molecular formula is C20H18N2. The van der Waals surface area contributed by atoms with Gasteiger partial charge in [0, 0.05) is 6.04 Å². The van der Waals surface area contributed by atoms with Crippen molar-refractivity contribution >= 4 is 10.8 Å². The van der Waals surface area contributed by atoms with Crippen LogP contribution in [0.5, 0.6) is 0 Å². The van der Waals surface area contributed by atoms with E-state index in [9.17, 15) is 5.26 Å². The molecule has 0 amide bonds. The Hall–Kier alpha value is -2.63. The molecule has 0 aliphatic rings. The van der Waals surface area contributed by atoms with E-state index in [-0.39, 0.29) is 12.1 Å². The van der Waals surface area contributed by atoms with E-state index in [4.69, 9.17) is 0 Å². The summed E-state index contributed by atoms with van der Waals surface area (Å²) in [6, 6.07) is 26.7. The van der Waals surface area contributed by atoms with Gasteiger partial charge in [0.05, 0.1) is 6.07 Å². The van der Waals surface area contributed by atoms with E-state index in [2.05, 4.69) is 48.6 Å². The van der Waals surface area contributed by atoms with Crippen molar-refractivity contribution in [2.24, 2.45) is 0 Å². The van der Waals surface area contributed by atoms with Crippen LogP contribution in [0.4, 0.5) is 0 Å². The molecule has 0 bridgehead atoms. The highest BCUT2D eigenvalue weighted by Gasteiger charge is 2.16. The fourth-order valence-electron chi connectivity index (χ4n) is 2.79. The van der Waals surface area contributed by atoms with Gasteiger partial charge in [0.15, 0.2) is 0 Å². The number of benzene rings is 3. The van der Waals surface area contributed by atoms with E-state index in [1.807, 2.05) is 42.5 Å². The summed E-state index contributed by atoms with van der Waals surface area (Å²) in [5.74, 6) is 0. The predicted molar refractivity (Wildman–Crippen MR) is 90.3 cm³/mol. The Morgan fingerprint density at radius 1 is 0.864 bits per heavy atom. The Bertz CT molecular complexity index is 797. The summed E-state index contributed by atoms with van der Waals surface area (Å²) in [5.41, 5.74) is 2.21. The Balaban J connectivity index is 1.92. The van der Waals surface area contributed by atoms with Gasteiger partial charge in [-0.2, -0.15) is 5.26 Å². The zero-order valence-electron chi connectivity index (χ0n) is 12.5. The molecule has 0 fully saturated rings. The van der Waals surface area contributed by atoms with Gasteiger partial charge >= 0.3 is 0 Å². The number of fused-ring (bicyclic) bond motifs is 1. The lowest BCUT2D eigenvalue weighted by atomic mass is 9.98. The van der Waals surface area contributed by atoms with Crippen LogP contribution in [-0.4, -0.2) is 0 Å². The predicted octanol–water partition coefficient (Wildman–Crippen LogP) is 4.76. The maximum Gasteiger partial charge on any atom is 0.122 e. The molecule has 0 heterocycles. The Morgan fingerprint density at radius 2 is 1.55 bits per heavy atom. The van der Waals surface area contributed by atoms with Crippen LogP contribution in [0.3, 0.4) is 0 Å². The molecule has 2 heteroatoms. The number of nitriles is 1. The minimum absolute atomic E-state index is 0.116. The van der Waals surface area contributed by atoms with Crippen molar-refractivity contribution in [2.45, 2.75) is 19.0 Å². The van der Waals surface area contributed by atoms with Crippen LogP contribution in [0.25, 0.3) is 10.8 Å². The van der Waals surface area contributed by atoms with Crippen molar-refractivity contribution in [3.63, 3.8) is 0 Å². The van der Waals surface area contributed by atoms with E-state index >= 15 is 0 Å². The minimum Gasteiger partial charge on any atom is -0.292 e. The SMILES string of the molecule is C[C@@H](N[C@@H](C#N)c1cccc2ccccc12)c1ccccc1. The lowest BCUT2D eigenvalue weighted by molar-refractivity contribution is 0.535. The third kappa shape index (κ3) is 2.86. The van der Waals surface area contributed by atoms with Gasteiger partial charge in [-0.15, -0.1) is 0 Å². The summed E-state index contributed by atoms with van der Waals surface area (Å²) in [4.78, 5) is 0. The van der Waals surface area contributed by atoms with Gasteiger partial charge < -0.3 is 0 Å². The lowest BCUT2D eigenvalue weighted by Crippen LogP contribution is -2.23. The van der Waals surface area contributed by atoms with Gasteiger partial charge in [-0.25, -0.2) is 0 Å². The second-order valence-electron chi connectivity index (χ2n) is 5.43. The van der Waals surface area contributed by atoms with Crippen molar-refractivity contribution in [1.29, 1.82) is 5.26 Å². The molecule has 0 aliphatic heterocycles. The Kier molecular flexibility index (Phi) is 4.18. The van der Waals surface area contributed by atoms with Gasteiger partial charge in [-0.05, 0) is 28.8 Å². The zero-order chi connectivity index (χ0) is 15.4. The van der Waals surface area contributed by atoms with E-state index in [1.54, 1.807) is 0 Å². The molecule has 3 aromatic rings. The molecule has 0 radical (unpaired) electrons. The molecule has 0 saturated heterocycles. The van der Waals surface area contributed by atoms with Gasteiger partial charge in [-0.1, -0.05) is 72.8 Å². The second-order valence-corrected chi connectivity index (χ2v) is 5.43. The number of nitrogens with zero attached hydrogens (tertiary/aromatic N) is 1. The topological polar surface area (TPSA) is 35.8 Å². The van der Waals surface area contributed by atoms with E-state index in [0.717, 1.165) is 16.3 Å². The first-order valence-electron chi connectivity index (χ1n) is 7.48. The van der Waals surface area contributed by atoms with E-state index in [0.29, 0.717) is 0 Å². The fraction of sp³-hybridized carbons (Fsp3) is 0.150. The zero-order valence-corrected chi connectivity index (χ0v) is 12.5. The minimum atomic E-state index is -0.332. The Morgan fingerprint density at radius 3 is 2.32 bits per heavy atom. The maximum absolute atomic E-state index is 9.62. The van der Waals surface area contributed by atoms with E-state index < -0.39 is 0 Å². The normalized spacial score (nSPS) is 13.5. The average Bonchev–Trinajstić information content (AvgIpc) is 2.60. The van der Waals surface area contributed by atoms with Crippen molar-refractivity contribution in [2.75, 3.05) is 0 Å². The lowest BCUT2D eigenvalue weighted by Gasteiger charge is -2.20. The maximum atomic E-state index is 9.62. The molecule has 3 rings (SSSR count). The highest BCUT2D eigenvalue weighted by Crippen LogP contribution is 2.26.